The van der Waals surface area contributed by atoms with Crippen molar-refractivity contribution in [1.29, 1.82) is 0 Å². The van der Waals surface area contributed by atoms with Crippen molar-refractivity contribution in [2.75, 3.05) is 0 Å². The number of hydrogen-bond acceptors (Lipinski definition) is 3. The van der Waals surface area contributed by atoms with Crippen LogP contribution in [0.2, 0.25) is 0 Å². The molecule has 0 aliphatic carbocycles. The Balaban J connectivity index is -0.00000000750. The van der Waals surface area contributed by atoms with E-state index in [9.17, 15) is 0 Å². The van der Waals surface area contributed by atoms with Gasteiger partial charge in [0.15, 0.2) is 0 Å². The summed E-state index contributed by atoms with van der Waals surface area (Å²) in [6, 6.07) is 0. The predicted octanol–water partition coefficient (Wildman–Crippen LogP) is -4.47. The zero-order valence-electron chi connectivity index (χ0n) is 4.22. The number of hydrogen-bond donors (Lipinski definition) is 0. The maximum atomic E-state index is 8.52. The third-order valence-corrected chi connectivity index (χ3v) is 0. The smallest absolute Gasteiger partial charge is 0.672 e. The van der Waals surface area contributed by atoms with E-state index in [1.807, 2.05) is 0 Å². The third kappa shape index (κ3) is 141. The predicted molar refractivity (Wildman–Crippen MR) is 21.6 cm³/mol. The SMILES string of the molecule is O.O=[Si]([O-])[O-].[Al+3].[Mg+2].[Zn+2]. The molecule has 0 unspecified atom stereocenters. The van der Waals surface area contributed by atoms with Crippen LogP contribution in [0.15, 0.2) is 0 Å². The van der Waals surface area contributed by atoms with Crippen LogP contribution in [0.4, 0.5) is 0 Å². The van der Waals surface area contributed by atoms with Gasteiger partial charge in [-0.15, -0.1) is 0 Å². The van der Waals surface area contributed by atoms with Crippen LogP contribution < -0.4 is 9.59 Å². The summed E-state index contributed by atoms with van der Waals surface area (Å²) < 4.78 is 8.52. The Morgan fingerprint density at radius 3 is 1.25 bits per heavy atom. The van der Waals surface area contributed by atoms with Gasteiger partial charge in [-0.1, -0.05) is 0 Å². The second-order valence-electron chi connectivity index (χ2n) is 0.250. The molecule has 0 amide bonds. The minimum Gasteiger partial charge on any atom is -0.672 e. The second-order valence-corrected chi connectivity index (χ2v) is 0.750. The molecular formula is H2AlMgO4SiZn+5. The van der Waals surface area contributed by atoms with Crippen molar-refractivity contribution in [2.24, 2.45) is 0 Å². The monoisotopic (exact) mass is 209 g/mol. The van der Waals surface area contributed by atoms with Gasteiger partial charge >= 0.3 is 59.9 Å². The van der Waals surface area contributed by atoms with Crippen LogP contribution in [0.25, 0.3) is 0 Å². The molecule has 0 radical (unpaired) electrons. The summed E-state index contributed by atoms with van der Waals surface area (Å²) in [5.74, 6) is 0. The van der Waals surface area contributed by atoms with Crippen molar-refractivity contribution >= 4 is 49.6 Å². The van der Waals surface area contributed by atoms with E-state index >= 15 is 0 Å². The van der Waals surface area contributed by atoms with Gasteiger partial charge in [-0.2, -0.15) is 0 Å². The fourth-order valence-electron chi connectivity index (χ4n) is 0. The van der Waals surface area contributed by atoms with Gasteiger partial charge in [0.25, 0.3) is 0 Å². The average molecular weight is 211 g/mol. The van der Waals surface area contributed by atoms with Crippen molar-refractivity contribution in [3.05, 3.63) is 0 Å². The van der Waals surface area contributed by atoms with Crippen molar-refractivity contribution < 1.29 is 39.0 Å². The van der Waals surface area contributed by atoms with Crippen LogP contribution in [-0.2, 0) is 23.9 Å². The molecule has 0 bridgehead atoms. The first-order valence-electron chi connectivity index (χ1n) is 0.612. The molecule has 8 heteroatoms. The first kappa shape index (κ1) is 33.9. The molecule has 0 saturated carbocycles. The van der Waals surface area contributed by atoms with E-state index in [2.05, 4.69) is 0 Å². The molecule has 8 heavy (non-hydrogen) atoms. The Bertz CT molecular complexity index is 39.0. The Morgan fingerprint density at radius 1 is 1.25 bits per heavy atom. The Morgan fingerprint density at radius 2 is 1.25 bits per heavy atom. The zero-order chi connectivity index (χ0) is 3.58. The molecule has 0 heterocycles. The Hall–Kier alpha value is 1.50. The molecule has 0 spiro atoms. The molecule has 0 aromatic heterocycles. The molecule has 0 saturated heterocycles. The van der Waals surface area contributed by atoms with Crippen LogP contribution in [0.1, 0.15) is 0 Å². The van der Waals surface area contributed by atoms with Crippen molar-refractivity contribution in [3.63, 3.8) is 0 Å². The van der Waals surface area contributed by atoms with Gasteiger partial charge in [0.1, 0.15) is 0 Å². The maximum Gasteiger partial charge on any atom is 3.00 e. The van der Waals surface area contributed by atoms with Gasteiger partial charge in [-0.25, -0.2) is 0 Å². The van der Waals surface area contributed by atoms with Gasteiger partial charge in [0.2, 0.25) is 0 Å². The molecule has 0 atom stereocenters. The third-order valence-electron chi connectivity index (χ3n) is 0. The van der Waals surface area contributed by atoms with E-state index in [1.54, 1.807) is 0 Å². The van der Waals surface area contributed by atoms with Gasteiger partial charge in [0.05, 0.1) is 0 Å². The van der Waals surface area contributed by atoms with Crippen molar-refractivity contribution in [1.82, 2.24) is 0 Å². The fourth-order valence-corrected chi connectivity index (χ4v) is 0. The zero-order valence-corrected chi connectivity index (χ0v) is 10.8. The molecule has 32 valence electrons. The molecule has 0 aliphatic heterocycles. The van der Waals surface area contributed by atoms with Gasteiger partial charge in [-0.05, 0) is 0 Å². The molecule has 0 aromatic rings. The molecule has 0 fully saturated rings. The van der Waals surface area contributed by atoms with E-state index in [4.69, 9.17) is 14.1 Å². The minimum absolute atomic E-state index is 0. The van der Waals surface area contributed by atoms with Crippen LogP contribution in [0.3, 0.4) is 0 Å². The first-order chi connectivity index (χ1) is 1.73. The summed E-state index contributed by atoms with van der Waals surface area (Å²) in [5.41, 5.74) is 0. The Labute approximate surface area is 87.9 Å². The summed E-state index contributed by atoms with van der Waals surface area (Å²) in [6.45, 7) is 0. The topological polar surface area (TPSA) is 94.7 Å². The summed E-state index contributed by atoms with van der Waals surface area (Å²) >= 11 is 0. The van der Waals surface area contributed by atoms with E-state index in [-0.39, 0.29) is 65.4 Å². The molecule has 0 aromatic carbocycles. The van der Waals surface area contributed by atoms with E-state index in [0.717, 1.165) is 0 Å². The maximum absolute atomic E-state index is 8.52. The summed E-state index contributed by atoms with van der Waals surface area (Å²) in [7, 11) is -3.63. The van der Waals surface area contributed by atoms with Gasteiger partial charge < -0.3 is 19.5 Å². The standard InChI is InChI=1S/Al.Mg.O3Si.H2O.Zn/c;;1-4(2)3;;/h;;;1H2;/q+3;+2;-2;;+2. The fraction of sp³-hybridized carbons (Fsp3) is 0. The van der Waals surface area contributed by atoms with Gasteiger partial charge in [0, 0.05) is 9.17 Å². The van der Waals surface area contributed by atoms with Crippen molar-refractivity contribution in [3.8, 4) is 0 Å². The second kappa shape index (κ2) is 23.6. The van der Waals surface area contributed by atoms with Gasteiger partial charge in [-0.3, -0.25) is 0 Å². The van der Waals surface area contributed by atoms with Crippen LogP contribution in [0, 0.1) is 0 Å². The summed E-state index contributed by atoms with van der Waals surface area (Å²) in [4.78, 5) is 17.0. The van der Waals surface area contributed by atoms with Crippen molar-refractivity contribution in [2.45, 2.75) is 0 Å². The molecular weight excluding hydrogens is 209 g/mol. The van der Waals surface area contributed by atoms with E-state index < -0.39 is 9.17 Å². The van der Waals surface area contributed by atoms with E-state index in [0.29, 0.717) is 0 Å². The van der Waals surface area contributed by atoms with E-state index in [1.165, 1.54) is 0 Å². The average Bonchev–Trinajstić information content (AvgIpc) is 0.811. The normalized spacial score (nSPS) is 3.00. The van der Waals surface area contributed by atoms with Crippen LogP contribution in [-0.4, -0.2) is 55.1 Å². The first-order valence-corrected chi connectivity index (χ1v) is 1.84. The molecule has 2 N–H and O–H groups in total. The quantitative estimate of drug-likeness (QED) is 0.378. The van der Waals surface area contributed by atoms with Crippen LogP contribution >= 0.6 is 0 Å². The summed E-state index contributed by atoms with van der Waals surface area (Å²) in [6.07, 6.45) is 0. The minimum atomic E-state index is -3.63. The number of rotatable bonds is 0. The summed E-state index contributed by atoms with van der Waals surface area (Å²) in [5, 5.41) is 0. The molecule has 0 aliphatic rings. The Kier molecular flexibility index (Phi) is 100. The molecule has 0 rings (SSSR count). The largest absolute Gasteiger partial charge is 3.00 e. The van der Waals surface area contributed by atoms with Crippen LogP contribution in [0.5, 0.6) is 0 Å². The molecule has 4 nitrogen and oxygen atoms in total.